The molecule has 0 saturated heterocycles. The van der Waals surface area contributed by atoms with Crippen LogP contribution in [0.3, 0.4) is 0 Å². The number of ketones is 1. The molecule has 0 fully saturated rings. The first kappa shape index (κ1) is 11.5. The number of aromatic amines is 1. The number of carbonyl (C=O) groups excluding carboxylic acids is 1. The van der Waals surface area contributed by atoms with E-state index in [1.165, 1.54) is 0 Å². The van der Waals surface area contributed by atoms with Crippen LogP contribution < -0.4 is 5.73 Å². The van der Waals surface area contributed by atoms with Crippen LogP contribution in [0.25, 0.3) is 11.3 Å². The number of carbonyl (C=O) groups is 1. The van der Waals surface area contributed by atoms with Crippen LogP contribution in [0, 0.1) is 6.92 Å². The minimum atomic E-state index is 0.0819. The number of H-pyrrole nitrogens is 1. The summed E-state index contributed by atoms with van der Waals surface area (Å²) in [6.45, 7) is 3.72. The highest BCUT2D eigenvalue weighted by molar-refractivity contribution is 6.04. The second-order valence-corrected chi connectivity index (χ2v) is 4.06. The first-order chi connectivity index (χ1) is 8.15. The minimum absolute atomic E-state index is 0.0819. The summed E-state index contributed by atoms with van der Waals surface area (Å²) in [5, 5.41) is 0. The molecular weight excluding hydrogens is 212 g/mol. The molecule has 1 aromatic heterocycles. The topological polar surface area (TPSA) is 58.9 Å². The standard InChI is InChI=1S/C14H16N2O/c1-3-11(17)12-9(2)16-14(13(12)15)10-7-5-4-6-8-10/h4-8,16H,3,15H2,1-2H3. The molecule has 1 aromatic carbocycles. The maximum Gasteiger partial charge on any atom is 0.166 e. The lowest BCUT2D eigenvalue weighted by Crippen LogP contribution is -2.01. The third kappa shape index (κ3) is 1.96. The summed E-state index contributed by atoms with van der Waals surface area (Å²) in [7, 11) is 0. The smallest absolute Gasteiger partial charge is 0.166 e. The highest BCUT2D eigenvalue weighted by atomic mass is 16.1. The Bertz CT molecular complexity index is 541. The fraction of sp³-hybridized carbons (Fsp3) is 0.214. The van der Waals surface area contributed by atoms with Gasteiger partial charge in [-0.3, -0.25) is 4.79 Å². The van der Waals surface area contributed by atoms with Crippen LogP contribution in [0.5, 0.6) is 0 Å². The fourth-order valence-electron chi connectivity index (χ4n) is 2.01. The fourth-order valence-corrected chi connectivity index (χ4v) is 2.01. The highest BCUT2D eigenvalue weighted by Gasteiger charge is 2.18. The second kappa shape index (κ2) is 4.45. The summed E-state index contributed by atoms with van der Waals surface area (Å²) in [4.78, 5) is 15.0. The first-order valence-corrected chi connectivity index (χ1v) is 5.71. The van der Waals surface area contributed by atoms with Crippen molar-refractivity contribution in [3.8, 4) is 11.3 Å². The van der Waals surface area contributed by atoms with Gasteiger partial charge >= 0.3 is 0 Å². The molecule has 2 aromatic rings. The van der Waals surface area contributed by atoms with E-state index < -0.39 is 0 Å². The van der Waals surface area contributed by atoms with E-state index in [1.54, 1.807) is 0 Å². The Balaban J connectivity index is 2.56. The number of hydrogen-bond acceptors (Lipinski definition) is 2. The molecule has 0 amide bonds. The molecule has 0 aliphatic carbocycles. The van der Waals surface area contributed by atoms with Crippen molar-refractivity contribution in [2.24, 2.45) is 0 Å². The van der Waals surface area contributed by atoms with Crippen molar-refractivity contribution in [3.63, 3.8) is 0 Å². The molecule has 3 nitrogen and oxygen atoms in total. The molecule has 3 N–H and O–H groups in total. The number of nitrogens with one attached hydrogen (secondary N) is 1. The van der Waals surface area contributed by atoms with Crippen molar-refractivity contribution in [2.45, 2.75) is 20.3 Å². The monoisotopic (exact) mass is 228 g/mol. The largest absolute Gasteiger partial charge is 0.396 e. The lowest BCUT2D eigenvalue weighted by atomic mass is 10.1. The summed E-state index contributed by atoms with van der Waals surface area (Å²) in [5.74, 6) is 0.0819. The molecule has 0 saturated carbocycles. The summed E-state index contributed by atoms with van der Waals surface area (Å²) in [6.07, 6.45) is 0.469. The summed E-state index contributed by atoms with van der Waals surface area (Å²) in [6, 6.07) is 9.80. The van der Waals surface area contributed by atoms with Crippen LogP contribution in [0.15, 0.2) is 30.3 Å². The van der Waals surface area contributed by atoms with Crippen molar-refractivity contribution in [1.82, 2.24) is 4.98 Å². The summed E-state index contributed by atoms with van der Waals surface area (Å²) < 4.78 is 0. The number of anilines is 1. The SMILES string of the molecule is CCC(=O)c1c(C)[nH]c(-c2ccccc2)c1N. The lowest BCUT2D eigenvalue weighted by Gasteiger charge is -2.01. The van der Waals surface area contributed by atoms with Gasteiger partial charge < -0.3 is 10.7 Å². The molecule has 2 rings (SSSR count). The molecule has 0 atom stereocenters. The van der Waals surface area contributed by atoms with Gasteiger partial charge in [-0.15, -0.1) is 0 Å². The van der Waals surface area contributed by atoms with Gasteiger partial charge in [0.1, 0.15) is 0 Å². The molecule has 1 heterocycles. The molecule has 0 aliphatic heterocycles. The Morgan fingerprint density at radius 2 is 1.94 bits per heavy atom. The van der Waals surface area contributed by atoms with E-state index in [0.717, 1.165) is 17.0 Å². The van der Waals surface area contributed by atoms with Crippen molar-refractivity contribution < 1.29 is 4.79 Å². The Morgan fingerprint density at radius 1 is 1.29 bits per heavy atom. The van der Waals surface area contributed by atoms with E-state index in [1.807, 2.05) is 44.2 Å². The maximum atomic E-state index is 11.8. The van der Waals surface area contributed by atoms with Gasteiger partial charge in [0, 0.05) is 17.7 Å². The Morgan fingerprint density at radius 3 is 2.53 bits per heavy atom. The number of nitrogens with two attached hydrogens (primary N) is 1. The predicted octanol–water partition coefficient (Wildman–Crippen LogP) is 3.17. The van der Waals surface area contributed by atoms with E-state index in [0.29, 0.717) is 17.7 Å². The average Bonchev–Trinajstić information content (AvgIpc) is 2.65. The van der Waals surface area contributed by atoms with Crippen LogP contribution in [0.1, 0.15) is 29.4 Å². The maximum absolute atomic E-state index is 11.8. The third-order valence-corrected chi connectivity index (χ3v) is 2.89. The van der Waals surface area contributed by atoms with Gasteiger partial charge in [-0.2, -0.15) is 0 Å². The predicted molar refractivity (Wildman–Crippen MR) is 70.0 cm³/mol. The molecule has 17 heavy (non-hydrogen) atoms. The zero-order valence-corrected chi connectivity index (χ0v) is 10.1. The van der Waals surface area contributed by atoms with Crippen molar-refractivity contribution in [3.05, 3.63) is 41.6 Å². The van der Waals surface area contributed by atoms with E-state index in [-0.39, 0.29) is 5.78 Å². The molecule has 0 radical (unpaired) electrons. The number of aryl methyl sites for hydroxylation is 1. The number of benzene rings is 1. The molecule has 0 bridgehead atoms. The molecule has 0 spiro atoms. The van der Waals surface area contributed by atoms with Gasteiger partial charge in [0.2, 0.25) is 0 Å². The summed E-state index contributed by atoms with van der Waals surface area (Å²) in [5.41, 5.74) is 9.92. The van der Waals surface area contributed by atoms with E-state index in [4.69, 9.17) is 5.73 Å². The normalized spacial score (nSPS) is 10.5. The number of hydrogen-bond donors (Lipinski definition) is 2. The third-order valence-electron chi connectivity index (χ3n) is 2.89. The van der Waals surface area contributed by atoms with Gasteiger partial charge in [0.25, 0.3) is 0 Å². The quantitative estimate of drug-likeness (QED) is 0.793. The molecule has 0 aliphatic rings. The van der Waals surface area contributed by atoms with E-state index >= 15 is 0 Å². The van der Waals surface area contributed by atoms with E-state index in [9.17, 15) is 4.79 Å². The first-order valence-electron chi connectivity index (χ1n) is 5.71. The molecule has 0 unspecified atom stereocenters. The zero-order chi connectivity index (χ0) is 12.4. The number of Topliss-reactive ketones (excluding diaryl/α,β-unsaturated/α-hetero) is 1. The lowest BCUT2D eigenvalue weighted by molar-refractivity contribution is 0.0988. The Hall–Kier alpha value is -2.03. The minimum Gasteiger partial charge on any atom is -0.396 e. The van der Waals surface area contributed by atoms with E-state index in [2.05, 4.69) is 4.98 Å². The molecule has 88 valence electrons. The molecule has 3 heteroatoms. The zero-order valence-electron chi connectivity index (χ0n) is 10.1. The van der Waals surface area contributed by atoms with Crippen LogP contribution in [-0.2, 0) is 0 Å². The van der Waals surface area contributed by atoms with Crippen LogP contribution in [0.4, 0.5) is 5.69 Å². The van der Waals surface area contributed by atoms with Gasteiger partial charge in [-0.05, 0) is 6.92 Å². The number of rotatable bonds is 3. The molecular formula is C14H16N2O. The number of nitrogen functional groups attached to an aromatic ring is 1. The van der Waals surface area contributed by atoms with Gasteiger partial charge in [0.15, 0.2) is 5.78 Å². The van der Waals surface area contributed by atoms with Gasteiger partial charge in [0.05, 0.1) is 16.9 Å². The van der Waals surface area contributed by atoms with Crippen LogP contribution in [0.2, 0.25) is 0 Å². The second-order valence-electron chi connectivity index (χ2n) is 4.06. The Labute approximate surface area is 101 Å². The van der Waals surface area contributed by atoms with Crippen molar-refractivity contribution >= 4 is 11.5 Å². The summed E-state index contributed by atoms with van der Waals surface area (Å²) >= 11 is 0. The van der Waals surface area contributed by atoms with Crippen LogP contribution >= 0.6 is 0 Å². The van der Waals surface area contributed by atoms with Gasteiger partial charge in [-0.25, -0.2) is 0 Å². The van der Waals surface area contributed by atoms with Crippen molar-refractivity contribution in [2.75, 3.05) is 5.73 Å². The Kier molecular flexibility index (Phi) is 3.00. The highest BCUT2D eigenvalue weighted by Crippen LogP contribution is 2.30. The average molecular weight is 228 g/mol. The van der Waals surface area contributed by atoms with Gasteiger partial charge in [-0.1, -0.05) is 37.3 Å². The van der Waals surface area contributed by atoms with Crippen molar-refractivity contribution in [1.29, 1.82) is 0 Å². The number of aromatic nitrogens is 1. The van der Waals surface area contributed by atoms with Crippen LogP contribution in [-0.4, -0.2) is 10.8 Å².